The Kier molecular flexibility index (Phi) is 6.91. The van der Waals surface area contributed by atoms with Gasteiger partial charge in [0.05, 0.1) is 35.5 Å². The van der Waals surface area contributed by atoms with Gasteiger partial charge in [0, 0.05) is 0 Å². The molecule has 2 amide bonds. The summed E-state index contributed by atoms with van der Waals surface area (Å²) in [4.78, 5) is 47.3. The van der Waals surface area contributed by atoms with Crippen LogP contribution in [-0.2, 0) is 9.47 Å². The second-order valence-corrected chi connectivity index (χ2v) is 4.94. The summed E-state index contributed by atoms with van der Waals surface area (Å²) in [6.45, 7) is 3.86. The molecule has 8 nitrogen and oxygen atoms in total. The molecule has 0 aliphatic rings. The second kappa shape index (κ2) is 8.66. The summed E-state index contributed by atoms with van der Waals surface area (Å²) >= 11 is 0. The molecule has 1 rings (SSSR count). The van der Waals surface area contributed by atoms with Crippen molar-refractivity contribution in [3.05, 3.63) is 34.4 Å². The lowest BCUT2D eigenvalue weighted by Crippen LogP contribution is -2.24. The monoisotopic (exact) mass is 336 g/mol. The maximum absolute atomic E-state index is 12.2. The summed E-state index contributed by atoms with van der Waals surface area (Å²) < 4.78 is 9.99. The SMILES string of the molecule is CCCOC(=O)c1cc(C(N)=O)c(C(N)=O)cc1C(=O)OCCC. The van der Waals surface area contributed by atoms with Crippen molar-refractivity contribution in [2.45, 2.75) is 26.7 Å². The Balaban J connectivity index is 3.47. The smallest absolute Gasteiger partial charge is 0.339 e. The third-order valence-electron chi connectivity index (χ3n) is 3.00. The van der Waals surface area contributed by atoms with Crippen LogP contribution in [0, 0.1) is 0 Å². The summed E-state index contributed by atoms with van der Waals surface area (Å²) in [6, 6.07) is 2.06. The lowest BCUT2D eigenvalue weighted by molar-refractivity contribution is 0.0457. The molecule has 0 unspecified atom stereocenters. The normalized spacial score (nSPS) is 10.1. The van der Waals surface area contributed by atoms with E-state index in [0.29, 0.717) is 12.8 Å². The summed E-state index contributed by atoms with van der Waals surface area (Å²) in [7, 11) is 0. The van der Waals surface area contributed by atoms with Gasteiger partial charge in [0.25, 0.3) is 0 Å². The molecular formula is C16H20N2O6. The van der Waals surface area contributed by atoms with Crippen molar-refractivity contribution in [3.8, 4) is 0 Å². The van der Waals surface area contributed by atoms with Crippen LogP contribution in [0.15, 0.2) is 12.1 Å². The number of carbonyl (C=O) groups is 4. The molecule has 24 heavy (non-hydrogen) atoms. The molecule has 0 heterocycles. The van der Waals surface area contributed by atoms with E-state index in [9.17, 15) is 19.2 Å². The topological polar surface area (TPSA) is 139 Å². The van der Waals surface area contributed by atoms with Crippen LogP contribution < -0.4 is 11.5 Å². The zero-order valence-electron chi connectivity index (χ0n) is 13.6. The molecule has 1 aromatic rings. The van der Waals surface area contributed by atoms with Gasteiger partial charge < -0.3 is 20.9 Å². The Bertz CT molecular complexity index is 612. The first-order chi connectivity index (χ1) is 11.3. The Morgan fingerprint density at radius 1 is 0.750 bits per heavy atom. The fourth-order valence-corrected chi connectivity index (χ4v) is 1.89. The van der Waals surface area contributed by atoms with Crippen LogP contribution in [0.3, 0.4) is 0 Å². The van der Waals surface area contributed by atoms with E-state index in [-0.39, 0.29) is 35.5 Å². The molecule has 0 atom stereocenters. The van der Waals surface area contributed by atoms with Crippen LogP contribution in [0.4, 0.5) is 0 Å². The molecule has 0 bridgehead atoms. The predicted molar refractivity (Wildman–Crippen MR) is 84.6 cm³/mol. The summed E-state index contributed by atoms with van der Waals surface area (Å²) in [5.41, 5.74) is 9.48. The Morgan fingerprint density at radius 2 is 1.08 bits per heavy atom. The minimum Gasteiger partial charge on any atom is -0.462 e. The first-order valence-corrected chi connectivity index (χ1v) is 7.45. The van der Waals surface area contributed by atoms with Gasteiger partial charge in [-0.1, -0.05) is 13.8 Å². The average Bonchev–Trinajstić information content (AvgIpc) is 2.55. The standard InChI is InChI=1S/C16H20N2O6/c1-3-5-23-15(21)11-7-9(13(17)19)10(14(18)20)8-12(11)16(22)24-6-4-2/h7-8H,3-6H2,1-2H3,(H2,17,19)(H2,18,20). The van der Waals surface area contributed by atoms with E-state index < -0.39 is 23.8 Å². The molecule has 0 saturated carbocycles. The van der Waals surface area contributed by atoms with E-state index >= 15 is 0 Å². The summed E-state index contributed by atoms with van der Waals surface area (Å²) in [5.74, 6) is -3.55. The van der Waals surface area contributed by atoms with Crippen molar-refractivity contribution in [2.75, 3.05) is 13.2 Å². The van der Waals surface area contributed by atoms with E-state index in [4.69, 9.17) is 20.9 Å². The van der Waals surface area contributed by atoms with Gasteiger partial charge in [0.2, 0.25) is 11.8 Å². The van der Waals surface area contributed by atoms with Crippen molar-refractivity contribution < 1.29 is 28.7 Å². The van der Waals surface area contributed by atoms with E-state index in [0.717, 1.165) is 12.1 Å². The van der Waals surface area contributed by atoms with E-state index in [1.165, 1.54) is 0 Å². The Hall–Kier alpha value is -2.90. The number of esters is 2. The number of benzene rings is 1. The molecule has 0 radical (unpaired) electrons. The number of amides is 2. The van der Waals surface area contributed by atoms with Crippen molar-refractivity contribution in [1.82, 2.24) is 0 Å². The van der Waals surface area contributed by atoms with Crippen LogP contribution >= 0.6 is 0 Å². The van der Waals surface area contributed by atoms with Crippen molar-refractivity contribution >= 4 is 23.8 Å². The molecule has 0 aromatic heterocycles. The number of hydrogen-bond donors (Lipinski definition) is 2. The first-order valence-electron chi connectivity index (χ1n) is 7.45. The Labute approximate surface area is 139 Å². The maximum atomic E-state index is 12.2. The van der Waals surface area contributed by atoms with Gasteiger partial charge in [-0.05, 0) is 25.0 Å². The van der Waals surface area contributed by atoms with Crippen LogP contribution in [0.25, 0.3) is 0 Å². The van der Waals surface area contributed by atoms with Gasteiger partial charge in [0.1, 0.15) is 0 Å². The molecule has 0 fully saturated rings. The highest BCUT2D eigenvalue weighted by Crippen LogP contribution is 2.20. The molecule has 0 aliphatic carbocycles. The maximum Gasteiger partial charge on any atom is 0.339 e. The third kappa shape index (κ3) is 4.55. The van der Waals surface area contributed by atoms with Gasteiger partial charge in [-0.3, -0.25) is 9.59 Å². The quantitative estimate of drug-likeness (QED) is 0.679. The highest BCUT2D eigenvalue weighted by Gasteiger charge is 2.25. The fraction of sp³-hybridized carbons (Fsp3) is 0.375. The van der Waals surface area contributed by atoms with Gasteiger partial charge in [-0.2, -0.15) is 0 Å². The lowest BCUT2D eigenvalue weighted by atomic mass is 9.97. The number of rotatable bonds is 8. The molecule has 8 heteroatoms. The zero-order valence-corrected chi connectivity index (χ0v) is 13.6. The van der Waals surface area contributed by atoms with Gasteiger partial charge in [-0.25, -0.2) is 9.59 Å². The number of carbonyl (C=O) groups excluding carboxylic acids is 4. The van der Waals surface area contributed by atoms with E-state index in [2.05, 4.69) is 0 Å². The van der Waals surface area contributed by atoms with Crippen molar-refractivity contribution in [2.24, 2.45) is 11.5 Å². The zero-order chi connectivity index (χ0) is 18.3. The summed E-state index contributed by atoms with van der Waals surface area (Å²) in [6.07, 6.45) is 1.15. The molecule has 0 aliphatic heterocycles. The number of hydrogen-bond acceptors (Lipinski definition) is 6. The van der Waals surface area contributed by atoms with Gasteiger partial charge >= 0.3 is 11.9 Å². The number of ether oxygens (including phenoxy) is 2. The van der Waals surface area contributed by atoms with E-state index in [1.54, 1.807) is 13.8 Å². The minimum atomic E-state index is -0.957. The first kappa shape index (κ1) is 19.1. The van der Waals surface area contributed by atoms with Crippen LogP contribution in [-0.4, -0.2) is 37.0 Å². The molecule has 1 aromatic carbocycles. The molecule has 4 N–H and O–H groups in total. The largest absolute Gasteiger partial charge is 0.462 e. The molecule has 0 spiro atoms. The molecular weight excluding hydrogens is 316 g/mol. The third-order valence-corrected chi connectivity index (χ3v) is 3.00. The fourth-order valence-electron chi connectivity index (χ4n) is 1.89. The highest BCUT2D eigenvalue weighted by atomic mass is 16.5. The highest BCUT2D eigenvalue weighted by molar-refractivity contribution is 6.11. The lowest BCUT2D eigenvalue weighted by Gasteiger charge is -2.12. The average molecular weight is 336 g/mol. The second-order valence-electron chi connectivity index (χ2n) is 4.94. The predicted octanol–water partition coefficient (Wildman–Crippen LogP) is 1.02. The molecule has 0 saturated heterocycles. The van der Waals surface area contributed by atoms with Crippen LogP contribution in [0.2, 0.25) is 0 Å². The minimum absolute atomic E-state index is 0.131. The number of nitrogens with two attached hydrogens (primary N) is 2. The van der Waals surface area contributed by atoms with Crippen LogP contribution in [0.5, 0.6) is 0 Å². The Morgan fingerprint density at radius 3 is 1.33 bits per heavy atom. The van der Waals surface area contributed by atoms with Gasteiger partial charge in [-0.15, -0.1) is 0 Å². The summed E-state index contributed by atoms with van der Waals surface area (Å²) in [5, 5.41) is 0. The molecule has 130 valence electrons. The number of primary amides is 2. The van der Waals surface area contributed by atoms with Gasteiger partial charge in [0.15, 0.2) is 0 Å². The van der Waals surface area contributed by atoms with Crippen molar-refractivity contribution in [1.29, 1.82) is 0 Å². The van der Waals surface area contributed by atoms with E-state index in [1.807, 2.05) is 0 Å². The van der Waals surface area contributed by atoms with Crippen LogP contribution in [0.1, 0.15) is 68.1 Å². The van der Waals surface area contributed by atoms with Crippen molar-refractivity contribution in [3.63, 3.8) is 0 Å².